The minimum Gasteiger partial charge on any atom is -0.369 e. The van der Waals surface area contributed by atoms with E-state index >= 15 is 0 Å². The number of benzene rings is 1. The van der Waals surface area contributed by atoms with Crippen molar-refractivity contribution < 1.29 is 0 Å². The van der Waals surface area contributed by atoms with E-state index in [0.29, 0.717) is 12.0 Å². The molecule has 34 heavy (non-hydrogen) atoms. The Morgan fingerprint density at radius 2 is 1.71 bits per heavy atom. The largest absolute Gasteiger partial charge is 0.369 e. The summed E-state index contributed by atoms with van der Waals surface area (Å²) in [6, 6.07) is 13.0. The van der Waals surface area contributed by atoms with Crippen molar-refractivity contribution in [3.8, 4) is 11.4 Å². The number of likely N-dealkylation sites (N-methyl/N-ethyl adjacent to an activating group) is 1. The molecule has 8 heteroatoms. The molecule has 0 radical (unpaired) electrons. The summed E-state index contributed by atoms with van der Waals surface area (Å²) < 4.78 is 2.31. The molecular weight excluding hydrogens is 424 g/mol. The highest BCUT2D eigenvalue weighted by Crippen LogP contribution is 2.36. The number of piperazine rings is 1. The van der Waals surface area contributed by atoms with Gasteiger partial charge in [-0.25, -0.2) is 9.97 Å². The number of nitrogens with one attached hydrogen (secondary N) is 1. The van der Waals surface area contributed by atoms with E-state index < -0.39 is 0 Å². The molecule has 0 amide bonds. The van der Waals surface area contributed by atoms with Gasteiger partial charge in [0.25, 0.3) is 0 Å². The highest BCUT2D eigenvalue weighted by Gasteiger charge is 2.25. The summed E-state index contributed by atoms with van der Waals surface area (Å²) in [4.78, 5) is 23.5. The highest BCUT2D eigenvalue weighted by molar-refractivity contribution is 5.78. The van der Waals surface area contributed by atoms with Crippen LogP contribution in [0.25, 0.3) is 22.6 Å². The number of fused-ring (bicyclic) bond motifs is 1. The van der Waals surface area contributed by atoms with Gasteiger partial charge in [-0.1, -0.05) is 12.8 Å². The van der Waals surface area contributed by atoms with E-state index in [9.17, 15) is 0 Å². The fourth-order valence-electron chi connectivity index (χ4n) is 5.11. The molecule has 2 fully saturated rings. The van der Waals surface area contributed by atoms with Crippen LogP contribution in [0.1, 0.15) is 31.7 Å². The molecule has 0 atom stereocenters. The fraction of sp³-hybridized carbons (Fsp3) is 0.385. The third kappa shape index (κ3) is 4.09. The lowest BCUT2D eigenvalue weighted by Crippen LogP contribution is -2.44. The van der Waals surface area contributed by atoms with E-state index in [1.807, 2.05) is 18.5 Å². The van der Waals surface area contributed by atoms with Gasteiger partial charge in [0.05, 0.1) is 6.20 Å². The SMILES string of the molecule is CN1CCN(c2ccc(Nc3ncc4nc(-c5cccnc5)n(C5CCCC5)c4n3)cc2)CC1. The Labute approximate surface area is 199 Å². The Bertz CT molecular complexity index is 1250. The second-order valence-electron chi connectivity index (χ2n) is 9.35. The van der Waals surface area contributed by atoms with Gasteiger partial charge in [0.15, 0.2) is 5.65 Å². The molecule has 4 heterocycles. The third-order valence-corrected chi connectivity index (χ3v) is 7.03. The Morgan fingerprint density at radius 1 is 0.912 bits per heavy atom. The van der Waals surface area contributed by atoms with Crippen molar-refractivity contribution in [1.82, 2.24) is 29.4 Å². The van der Waals surface area contributed by atoms with Crippen LogP contribution in [0.2, 0.25) is 0 Å². The molecule has 1 aliphatic carbocycles. The van der Waals surface area contributed by atoms with Crippen LogP contribution in [0.4, 0.5) is 17.3 Å². The molecule has 1 N–H and O–H groups in total. The molecule has 0 spiro atoms. The van der Waals surface area contributed by atoms with Gasteiger partial charge >= 0.3 is 0 Å². The zero-order valence-corrected chi connectivity index (χ0v) is 19.6. The summed E-state index contributed by atoms with van der Waals surface area (Å²) in [5.41, 5.74) is 4.97. The van der Waals surface area contributed by atoms with Crippen LogP contribution in [0.15, 0.2) is 55.0 Å². The van der Waals surface area contributed by atoms with E-state index in [1.54, 1.807) is 6.20 Å². The number of nitrogens with zero attached hydrogens (tertiary/aromatic N) is 7. The summed E-state index contributed by atoms with van der Waals surface area (Å²) in [7, 11) is 2.18. The van der Waals surface area contributed by atoms with Crippen LogP contribution in [-0.2, 0) is 0 Å². The van der Waals surface area contributed by atoms with Crippen LogP contribution in [0.5, 0.6) is 0 Å². The van der Waals surface area contributed by atoms with Crippen molar-refractivity contribution >= 4 is 28.5 Å². The maximum Gasteiger partial charge on any atom is 0.229 e. The second kappa shape index (κ2) is 9.02. The molecule has 0 unspecified atom stereocenters. The summed E-state index contributed by atoms with van der Waals surface area (Å²) >= 11 is 0. The Balaban J connectivity index is 1.29. The summed E-state index contributed by atoms with van der Waals surface area (Å²) in [6.07, 6.45) is 10.3. The first-order valence-electron chi connectivity index (χ1n) is 12.2. The van der Waals surface area contributed by atoms with Crippen molar-refractivity contribution in [2.45, 2.75) is 31.7 Å². The van der Waals surface area contributed by atoms with Crippen LogP contribution < -0.4 is 10.2 Å². The zero-order valence-electron chi connectivity index (χ0n) is 19.6. The van der Waals surface area contributed by atoms with Gasteiger partial charge in [0, 0.05) is 61.6 Å². The Morgan fingerprint density at radius 3 is 2.44 bits per heavy atom. The maximum absolute atomic E-state index is 4.92. The third-order valence-electron chi connectivity index (χ3n) is 7.03. The molecular formula is C26H30N8. The van der Waals surface area contributed by atoms with Gasteiger partial charge in [-0.3, -0.25) is 4.98 Å². The fourth-order valence-corrected chi connectivity index (χ4v) is 5.11. The summed E-state index contributed by atoms with van der Waals surface area (Å²) in [5.74, 6) is 1.52. The van der Waals surface area contributed by atoms with Gasteiger partial charge in [0.1, 0.15) is 11.3 Å². The monoisotopic (exact) mass is 454 g/mol. The van der Waals surface area contributed by atoms with Crippen molar-refractivity contribution in [2.24, 2.45) is 0 Å². The number of hydrogen-bond acceptors (Lipinski definition) is 7. The first-order valence-corrected chi connectivity index (χ1v) is 12.2. The maximum atomic E-state index is 4.92. The second-order valence-corrected chi connectivity index (χ2v) is 9.35. The van der Waals surface area contributed by atoms with Gasteiger partial charge in [0.2, 0.25) is 5.95 Å². The number of pyridine rings is 1. The van der Waals surface area contributed by atoms with Crippen LogP contribution >= 0.6 is 0 Å². The van der Waals surface area contributed by atoms with Gasteiger partial charge in [-0.15, -0.1) is 0 Å². The van der Waals surface area contributed by atoms with E-state index in [-0.39, 0.29) is 0 Å². The molecule has 6 rings (SSSR count). The molecule has 1 aliphatic heterocycles. The number of aromatic nitrogens is 5. The van der Waals surface area contributed by atoms with E-state index in [2.05, 4.69) is 67.0 Å². The number of imidazole rings is 1. The lowest BCUT2D eigenvalue weighted by molar-refractivity contribution is 0.313. The minimum absolute atomic E-state index is 0.408. The minimum atomic E-state index is 0.408. The number of hydrogen-bond donors (Lipinski definition) is 1. The number of rotatable bonds is 5. The smallest absolute Gasteiger partial charge is 0.229 e. The first-order chi connectivity index (χ1) is 16.7. The van der Waals surface area contributed by atoms with Crippen LogP contribution in [0, 0.1) is 0 Å². The van der Waals surface area contributed by atoms with E-state index in [0.717, 1.165) is 67.3 Å². The van der Waals surface area contributed by atoms with Crippen LogP contribution in [-0.4, -0.2) is 62.6 Å². The first kappa shape index (κ1) is 21.0. The van der Waals surface area contributed by atoms with Gasteiger partial charge < -0.3 is 19.7 Å². The average molecular weight is 455 g/mol. The summed E-state index contributed by atoms with van der Waals surface area (Å²) in [6.45, 7) is 4.33. The molecule has 1 aromatic carbocycles. The molecule has 4 aromatic rings. The highest BCUT2D eigenvalue weighted by atomic mass is 15.2. The lowest BCUT2D eigenvalue weighted by Gasteiger charge is -2.34. The van der Waals surface area contributed by atoms with Crippen molar-refractivity contribution in [3.63, 3.8) is 0 Å². The molecule has 8 nitrogen and oxygen atoms in total. The van der Waals surface area contributed by atoms with E-state index in [4.69, 9.17) is 9.97 Å². The molecule has 1 saturated heterocycles. The Kier molecular flexibility index (Phi) is 5.58. The molecule has 0 bridgehead atoms. The average Bonchev–Trinajstić information content (AvgIpc) is 3.53. The quantitative estimate of drug-likeness (QED) is 0.476. The number of anilines is 3. The molecule has 3 aromatic heterocycles. The van der Waals surface area contributed by atoms with Gasteiger partial charge in [-0.2, -0.15) is 4.98 Å². The lowest BCUT2D eigenvalue weighted by atomic mass is 10.2. The zero-order chi connectivity index (χ0) is 22.9. The Hall–Kier alpha value is -3.52. The predicted molar refractivity (Wildman–Crippen MR) is 135 cm³/mol. The van der Waals surface area contributed by atoms with Gasteiger partial charge in [-0.05, 0) is 56.3 Å². The molecule has 174 valence electrons. The van der Waals surface area contributed by atoms with E-state index in [1.165, 1.54) is 18.5 Å². The molecule has 2 aliphatic rings. The normalized spacial score (nSPS) is 17.5. The summed E-state index contributed by atoms with van der Waals surface area (Å²) in [5, 5.41) is 3.40. The van der Waals surface area contributed by atoms with Crippen molar-refractivity contribution in [1.29, 1.82) is 0 Å². The molecule has 1 saturated carbocycles. The van der Waals surface area contributed by atoms with Crippen molar-refractivity contribution in [3.05, 3.63) is 55.0 Å². The van der Waals surface area contributed by atoms with Crippen molar-refractivity contribution in [2.75, 3.05) is 43.4 Å². The topological polar surface area (TPSA) is 75.0 Å². The predicted octanol–water partition coefficient (Wildman–Crippen LogP) is 4.50. The standard InChI is InChI=1S/C26H30N8/c1-32-13-15-33(16-14-32)21-10-8-20(9-11-21)29-26-28-18-23-25(31-26)34(22-6-2-3-7-22)24(30-23)19-5-4-12-27-17-19/h4-5,8-12,17-18,22H,2-3,6-7,13-16H2,1H3,(H,28,29,31). The van der Waals surface area contributed by atoms with Crippen LogP contribution in [0.3, 0.4) is 0 Å².